The topological polar surface area (TPSA) is 52.6 Å². The highest BCUT2D eigenvalue weighted by molar-refractivity contribution is 6.73. The summed E-state index contributed by atoms with van der Waals surface area (Å²) in [6, 6.07) is 1.79. The van der Waals surface area contributed by atoms with Crippen molar-refractivity contribution in [1.82, 2.24) is 5.32 Å². The number of carboxylic acid groups (broad SMARTS) is 1. The van der Waals surface area contributed by atoms with Gasteiger partial charge < -0.3 is 28.3 Å². The molecule has 110 valence electrons. The molecule has 1 aromatic rings. The van der Waals surface area contributed by atoms with Crippen LogP contribution in [-0.4, -0.2) is 44.2 Å². The molecule has 1 heterocycles. The van der Waals surface area contributed by atoms with E-state index >= 15 is 0 Å². The molecule has 1 aliphatic heterocycles. The number of hydrogen-bond donors (Lipinski definition) is 2. The van der Waals surface area contributed by atoms with Gasteiger partial charge in [-0.25, -0.2) is 4.79 Å². The molecule has 4 nitrogen and oxygen atoms in total. The van der Waals surface area contributed by atoms with E-state index in [9.17, 15) is 17.7 Å². The van der Waals surface area contributed by atoms with E-state index in [-0.39, 0.29) is 5.56 Å². The first kappa shape index (κ1) is 14.7. The Kier molecular flexibility index (Phi) is 3.94. The largest absolute Gasteiger partial charge is 0.509 e. The predicted octanol–water partition coefficient (Wildman–Crippen LogP) is 1.16. The lowest BCUT2D eigenvalue weighted by Crippen LogP contribution is -2.45. The molecule has 1 aromatic carbocycles. The van der Waals surface area contributed by atoms with Crippen molar-refractivity contribution in [1.29, 1.82) is 0 Å². The average Bonchev–Trinajstić information content (AvgIpc) is 2.38. The molecule has 0 aromatic heterocycles. The lowest BCUT2D eigenvalue weighted by atomic mass is 9.78. The van der Waals surface area contributed by atoms with Crippen molar-refractivity contribution in [3.8, 4) is 0 Å². The van der Waals surface area contributed by atoms with Crippen molar-refractivity contribution in [3.05, 3.63) is 23.3 Å². The first-order valence-electron chi connectivity index (χ1n) is 6.34. The van der Waals surface area contributed by atoms with E-state index < -0.39 is 18.4 Å². The SMILES string of the molecule is Cc1c(C(=O)O)cc([B-](F)(F)F)cc1N1CCNCC1. The summed E-state index contributed by atoms with van der Waals surface area (Å²) < 4.78 is 38.8. The third kappa shape index (κ3) is 2.90. The maximum Gasteiger partial charge on any atom is 0.509 e. The molecule has 0 spiro atoms. The van der Waals surface area contributed by atoms with Gasteiger partial charge in [0.25, 0.3) is 0 Å². The number of nitrogens with one attached hydrogen (secondary N) is 1. The highest BCUT2D eigenvalue weighted by Crippen LogP contribution is 2.25. The van der Waals surface area contributed by atoms with Gasteiger partial charge in [-0.2, -0.15) is 0 Å². The van der Waals surface area contributed by atoms with Gasteiger partial charge in [0.05, 0.1) is 5.56 Å². The molecule has 0 amide bonds. The third-order valence-electron chi connectivity index (χ3n) is 3.47. The molecule has 1 fully saturated rings. The average molecular weight is 287 g/mol. The van der Waals surface area contributed by atoms with Crippen LogP contribution in [0.3, 0.4) is 0 Å². The molecule has 2 rings (SSSR count). The van der Waals surface area contributed by atoms with Crippen molar-refractivity contribution in [2.24, 2.45) is 0 Å². The van der Waals surface area contributed by atoms with Gasteiger partial charge in [0.15, 0.2) is 0 Å². The van der Waals surface area contributed by atoms with E-state index in [4.69, 9.17) is 5.11 Å². The van der Waals surface area contributed by atoms with Gasteiger partial charge in [-0.3, -0.25) is 0 Å². The van der Waals surface area contributed by atoms with Crippen molar-refractivity contribution in [2.75, 3.05) is 31.1 Å². The number of hydrogen-bond acceptors (Lipinski definition) is 3. The number of benzene rings is 1. The van der Waals surface area contributed by atoms with Crippen LogP contribution in [0.5, 0.6) is 0 Å². The quantitative estimate of drug-likeness (QED) is 0.819. The van der Waals surface area contributed by atoms with Crippen LogP contribution in [0.15, 0.2) is 12.1 Å². The van der Waals surface area contributed by atoms with Crippen molar-refractivity contribution in [3.63, 3.8) is 0 Å². The summed E-state index contributed by atoms with van der Waals surface area (Å²) in [6.07, 6.45) is 0. The highest BCUT2D eigenvalue weighted by Gasteiger charge is 2.29. The van der Waals surface area contributed by atoms with Crippen LogP contribution < -0.4 is 15.7 Å². The molecule has 0 bridgehead atoms. The summed E-state index contributed by atoms with van der Waals surface area (Å²) in [5, 5.41) is 12.2. The zero-order chi connectivity index (χ0) is 14.9. The maximum atomic E-state index is 12.9. The summed E-state index contributed by atoms with van der Waals surface area (Å²) in [5.41, 5.74) is -0.402. The van der Waals surface area contributed by atoms with Crippen molar-refractivity contribution < 1.29 is 22.8 Å². The minimum atomic E-state index is -5.22. The standard InChI is InChI=1S/C12H15BF3N2O2/c1-8-10(12(19)20)6-9(13(14,15)16)7-11(8)18-4-2-17-3-5-18/h6-7,17H,2-5H2,1H3,(H,19,20)/q-1. The lowest BCUT2D eigenvalue weighted by molar-refractivity contribution is 0.0696. The molecule has 0 unspecified atom stereocenters. The Labute approximate surface area is 114 Å². The van der Waals surface area contributed by atoms with Crippen molar-refractivity contribution in [2.45, 2.75) is 6.92 Å². The van der Waals surface area contributed by atoms with Gasteiger partial charge in [-0.15, -0.1) is 5.46 Å². The summed E-state index contributed by atoms with van der Waals surface area (Å²) in [6.45, 7) is -1.20. The van der Waals surface area contributed by atoms with E-state index in [1.807, 2.05) is 0 Å². The Morgan fingerprint density at radius 3 is 2.40 bits per heavy atom. The fraction of sp³-hybridized carbons (Fsp3) is 0.417. The molecule has 20 heavy (non-hydrogen) atoms. The van der Waals surface area contributed by atoms with Gasteiger partial charge in [-0.1, -0.05) is 12.1 Å². The van der Waals surface area contributed by atoms with E-state index in [1.54, 1.807) is 11.8 Å². The monoisotopic (exact) mass is 287 g/mol. The van der Waals surface area contributed by atoms with Crippen molar-refractivity contribution >= 4 is 24.1 Å². The van der Waals surface area contributed by atoms with Gasteiger partial charge in [0.1, 0.15) is 0 Å². The van der Waals surface area contributed by atoms with Crippen LogP contribution in [0.1, 0.15) is 15.9 Å². The second-order valence-electron chi connectivity index (χ2n) is 4.83. The molecule has 0 aliphatic carbocycles. The summed E-state index contributed by atoms with van der Waals surface area (Å²) in [5.74, 6) is -1.33. The molecule has 2 N–H and O–H groups in total. The van der Waals surface area contributed by atoms with E-state index in [1.165, 1.54) is 0 Å². The van der Waals surface area contributed by atoms with Gasteiger partial charge in [-0.05, 0) is 12.5 Å². The van der Waals surface area contributed by atoms with Crippen LogP contribution in [0, 0.1) is 6.92 Å². The predicted molar refractivity (Wildman–Crippen MR) is 71.9 cm³/mol. The second-order valence-corrected chi connectivity index (χ2v) is 4.83. The molecule has 1 aliphatic rings. The fourth-order valence-electron chi connectivity index (χ4n) is 2.37. The first-order valence-corrected chi connectivity index (χ1v) is 6.34. The number of carbonyl (C=O) groups is 1. The fourth-order valence-corrected chi connectivity index (χ4v) is 2.37. The normalized spacial score (nSPS) is 16.3. The third-order valence-corrected chi connectivity index (χ3v) is 3.47. The van der Waals surface area contributed by atoms with Crippen LogP contribution in [0.25, 0.3) is 0 Å². The number of rotatable bonds is 3. The summed E-state index contributed by atoms with van der Waals surface area (Å²) in [4.78, 5) is 12.9. The minimum absolute atomic E-state index is 0.282. The molecule has 1 saturated heterocycles. The lowest BCUT2D eigenvalue weighted by Gasteiger charge is -2.32. The smallest absolute Gasteiger partial charge is 0.478 e. The molecule has 8 heteroatoms. The Balaban J connectivity index is 2.53. The number of nitrogens with zero attached hydrogens (tertiary/aromatic N) is 1. The molecule has 0 radical (unpaired) electrons. The second kappa shape index (κ2) is 5.36. The van der Waals surface area contributed by atoms with Crippen LogP contribution >= 0.6 is 0 Å². The minimum Gasteiger partial charge on any atom is -0.478 e. The number of aromatic carboxylic acids is 1. The number of anilines is 1. The Hall–Kier alpha value is -1.70. The van der Waals surface area contributed by atoms with Gasteiger partial charge >= 0.3 is 12.9 Å². The van der Waals surface area contributed by atoms with Gasteiger partial charge in [0, 0.05) is 31.9 Å². The Morgan fingerprint density at radius 1 is 1.30 bits per heavy atom. The van der Waals surface area contributed by atoms with E-state index in [0.717, 1.165) is 12.1 Å². The maximum absolute atomic E-state index is 12.9. The molecular weight excluding hydrogens is 272 g/mol. The molecule has 0 atom stereocenters. The zero-order valence-electron chi connectivity index (χ0n) is 11.0. The number of carboxylic acids is 1. The van der Waals surface area contributed by atoms with Crippen LogP contribution in [0.2, 0.25) is 0 Å². The zero-order valence-corrected chi connectivity index (χ0v) is 11.0. The summed E-state index contributed by atoms with van der Waals surface area (Å²) in [7, 11) is 0. The molecular formula is C12H15BF3N2O2-. The Morgan fingerprint density at radius 2 is 1.90 bits per heavy atom. The molecule has 0 saturated carbocycles. The van der Waals surface area contributed by atoms with E-state index in [0.29, 0.717) is 37.4 Å². The van der Waals surface area contributed by atoms with Gasteiger partial charge in [0.2, 0.25) is 0 Å². The van der Waals surface area contributed by atoms with Crippen LogP contribution in [0.4, 0.5) is 18.6 Å². The summed E-state index contributed by atoms with van der Waals surface area (Å²) >= 11 is 0. The Bertz CT molecular complexity index is 528. The number of piperazine rings is 1. The first-order chi connectivity index (χ1) is 9.30. The van der Waals surface area contributed by atoms with Crippen LogP contribution in [-0.2, 0) is 0 Å². The number of halogens is 3. The van der Waals surface area contributed by atoms with E-state index in [2.05, 4.69) is 5.32 Å². The highest BCUT2D eigenvalue weighted by atomic mass is 19.4.